The Kier molecular flexibility index (Phi) is 4.47. The third kappa shape index (κ3) is 3.45. The van der Waals surface area contributed by atoms with E-state index in [-0.39, 0.29) is 22.2 Å². The Morgan fingerprint density at radius 3 is 2.70 bits per heavy atom. The van der Waals surface area contributed by atoms with Gasteiger partial charge in [0.2, 0.25) is 0 Å². The first-order valence-electron chi connectivity index (χ1n) is 6.85. The van der Waals surface area contributed by atoms with Crippen molar-refractivity contribution in [1.29, 1.82) is 0 Å². The third-order valence-corrected chi connectivity index (χ3v) is 4.05. The SMILES string of the molecule is O=C(NCCc1csc(-c2c(F)cccc2F)n1)c1ccco1. The normalized spacial score (nSPS) is 10.7. The van der Waals surface area contributed by atoms with Gasteiger partial charge in [0.05, 0.1) is 17.5 Å². The number of hydrogen-bond donors (Lipinski definition) is 1. The molecule has 0 radical (unpaired) electrons. The van der Waals surface area contributed by atoms with Crippen molar-refractivity contribution in [2.75, 3.05) is 6.54 Å². The summed E-state index contributed by atoms with van der Waals surface area (Å²) in [5, 5.41) is 4.70. The number of furan rings is 1. The van der Waals surface area contributed by atoms with E-state index in [1.54, 1.807) is 17.5 Å². The maximum absolute atomic E-state index is 13.7. The van der Waals surface area contributed by atoms with Crippen LogP contribution in [0.3, 0.4) is 0 Å². The van der Waals surface area contributed by atoms with E-state index in [4.69, 9.17) is 4.42 Å². The molecule has 1 aromatic carbocycles. The molecular weight excluding hydrogens is 322 g/mol. The number of carbonyl (C=O) groups is 1. The first kappa shape index (κ1) is 15.4. The lowest BCUT2D eigenvalue weighted by molar-refractivity contribution is 0.0926. The number of nitrogens with zero attached hydrogens (tertiary/aromatic N) is 1. The Morgan fingerprint density at radius 1 is 1.22 bits per heavy atom. The van der Waals surface area contributed by atoms with Crippen LogP contribution < -0.4 is 5.32 Å². The molecular formula is C16H12F2N2O2S. The van der Waals surface area contributed by atoms with Crippen LogP contribution in [0.25, 0.3) is 10.6 Å². The van der Waals surface area contributed by atoms with Gasteiger partial charge in [0, 0.05) is 18.3 Å². The zero-order valence-electron chi connectivity index (χ0n) is 11.9. The minimum absolute atomic E-state index is 0.122. The van der Waals surface area contributed by atoms with E-state index in [1.807, 2.05) is 0 Å². The molecule has 0 saturated carbocycles. The molecule has 0 aliphatic carbocycles. The van der Waals surface area contributed by atoms with Crippen LogP contribution in [0.1, 0.15) is 16.2 Å². The van der Waals surface area contributed by atoms with Crippen molar-refractivity contribution >= 4 is 17.2 Å². The Balaban J connectivity index is 1.63. The van der Waals surface area contributed by atoms with Crippen LogP contribution in [0.4, 0.5) is 8.78 Å². The fourth-order valence-corrected chi connectivity index (χ4v) is 2.94. The fraction of sp³-hybridized carbons (Fsp3) is 0.125. The highest BCUT2D eigenvalue weighted by molar-refractivity contribution is 7.13. The van der Waals surface area contributed by atoms with Gasteiger partial charge < -0.3 is 9.73 Å². The van der Waals surface area contributed by atoms with Crippen LogP contribution in [0.5, 0.6) is 0 Å². The zero-order chi connectivity index (χ0) is 16.2. The molecule has 2 heterocycles. The van der Waals surface area contributed by atoms with Crippen LogP contribution in [-0.2, 0) is 6.42 Å². The van der Waals surface area contributed by atoms with Crippen molar-refractivity contribution in [3.8, 4) is 10.6 Å². The number of thiazole rings is 1. The van der Waals surface area contributed by atoms with Gasteiger partial charge in [-0.3, -0.25) is 4.79 Å². The van der Waals surface area contributed by atoms with E-state index in [1.165, 1.54) is 35.8 Å². The molecule has 0 aliphatic heterocycles. The average Bonchev–Trinajstić information content (AvgIpc) is 3.18. The maximum atomic E-state index is 13.7. The summed E-state index contributed by atoms with van der Waals surface area (Å²) in [6, 6.07) is 6.90. The lowest BCUT2D eigenvalue weighted by Crippen LogP contribution is -2.25. The highest BCUT2D eigenvalue weighted by Crippen LogP contribution is 2.28. The Hall–Kier alpha value is -2.54. The standard InChI is InChI=1S/C16H12F2N2O2S/c17-11-3-1-4-12(18)14(11)16-20-10(9-23-16)6-7-19-15(21)13-5-2-8-22-13/h1-5,8-9H,6-7H2,(H,19,21). The van der Waals surface area contributed by atoms with Gasteiger partial charge in [-0.15, -0.1) is 11.3 Å². The summed E-state index contributed by atoms with van der Waals surface area (Å²) in [6.07, 6.45) is 1.88. The predicted octanol–water partition coefficient (Wildman–Crippen LogP) is 3.65. The summed E-state index contributed by atoms with van der Waals surface area (Å²) in [4.78, 5) is 15.9. The van der Waals surface area contributed by atoms with Gasteiger partial charge in [-0.2, -0.15) is 0 Å². The number of rotatable bonds is 5. The molecule has 1 amide bonds. The van der Waals surface area contributed by atoms with Crippen LogP contribution in [0.2, 0.25) is 0 Å². The fourth-order valence-electron chi connectivity index (χ4n) is 2.04. The topological polar surface area (TPSA) is 55.1 Å². The maximum Gasteiger partial charge on any atom is 0.286 e. The summed E-state index contributed by atoms with van der Waals surface area (Å²) in [6.45, 7) is 0.350. The van der Waals surface area contributed by atoms with E-state index in [9.17, 15) is 13.6 Å². The molecule has 0 fully saturated rings. The Labute approximate surface area is 134 Å². The molecule has 3 aromatic rings. The summed E-state index contributed by atoms with van der Waals surface area (Å²) in [5.41, 5.74) is 0.538. The van der Waals surface area contributed by atoms with Crippen LogP contribution in [0.15, 0.2) is 46.4 Å². The summed E-state index contributed by atoms with van der Waals surface area (Å²) < 4.78 is 32.4. The highest BCUT2D eigenvalue weighted by Gasteiger charge is 2.15. The first-order valence-corrected chi connectivity index (χ1v) is 7.73. The van der Waals surface area contributed by atoms with Crippen LogP contribution in [-0.4, -0.2) is 17.4 Å². The van der Waals surface area contributed by atoms with Crippen molar-refractivity contribution in [3.63, 3.8) is 0 Å². The molecule has 7 heteroatoms. The van der Waals surface area contributed by atoms with Gasteiger partial charge in [-0.25, -0.2) is 13.8 Å². The Bertz CT molecular complexity index is 795. The lowest BCUT2D eigenvalue weighted by atomic mass is 10.2. The van der Waals surface area contributed by atoms with Gasteiger partial charge in [0.1, 0.15) is 16.6 Å². The van der Waals surface area contributed by atoms with E-state index in [2.05, 4.69) is 10.3 Å². The summed E-state index contributed by atoms with van der Waals surface area (Å²) in [7, 11) is 0. The van der Waals surface area contributed by atoms with E-state index >= 15 is 0 Å². The largest absolute Gasteiger partial charge is 0.459 e. The minimum Gasteiger partial charge on any atom is -0.459 e. The second-order valence-electron chi connectivity index (χ2n) is 4.72. The lowest BCUT2D eigenvalue weighted by Gasteiger charge is -2.02. The van der Waals surface area contributed by atoms with Crippen molar-refractivity contribution in [3.05, 3.63) is 65.1 Å². The summed E-state index contributed by atoms with van der Waals surface area (Å²) in [5.74, 6) is -1.36. The van der Waals surface area contributed by atoms with Crippen molar-refractivity contribution in [2.24, 2.45) is 0 Å². The first-order chi connectivity index (χ1) is 11.1. The van der Waals surface area contributed by atoms with Crippen molar-refractivity contribution in [1.82, 2.24) is 10.3 Å². The number of aromatic nitrogens is 1. The number of benzene rings is 1. The highest BCUT2D eigenvalue weighted by atomic mass is 32.1. The van der Waals surface area contributed by atoms with Crippen LogP contribution >= 0.6 is 11.3 Å². The van der Waals surface area contributed by atoms with Crippen LogP contribution in [0, 0.1) is 11.6 Å². The van der Waals surface area contributed by atoms with Gasteiger partial charge >= 0.3 is 0 Å². The molecule has 0 atom stereocenters. The smallest absolute Gasteiger partial charge is 0.286 e. The minimum atomic E-state index is -0.642. The molecule has 23 heavy (non-hydrogen) atoms. The predicted molar refractivity (Wildman–Crippen MR) is 82.2 cm³/mol. The number of halogens is 2. The molecule has 0 spiro atoms. The second-order valence-corrected chi connectivity index (χ2v) is 5.58. The van der Waals surface area contributed by atoms with Crippen molar-refractivity contribution < 1.29 is 18.0 Å². The third-order valence-electron chi connectivity index (χ3n) is 3.14. The molecule has 3 rings (SSSR count). The van der Waals surface area contributed by atoms with E-state index in [0.717, 1.165) is 0 Å². The van der Waals surface area contributed by atoms with Gasteiger partial charge in [0.25, 0.3) is 5.91 Å². The molecule has 1 N–H and O–H groups in total. The molecule has 0 saturated heterocycles. The second kappa shape index (κ2) is 6.70. The number of amides is 1. The zero-order valence-corrected chi connectivity index (χ0v) is 12.7. The molecule has 4 nitrogen and oxygen atoms in total. The molecule has 118 valence electrons. The average molecular weight is 334 g/mol. The van der Waals surface area contributed by atoms with Gasteiger partial charge in [-0.05, 0) is 24.3 Å². The number of hydrogen-bond acceptors (Lipinski definition) is 4. The van der Waals surface area contributed by atoms with E-state index < -0.39 is 11.6 Å². The molecule has 0 unspecified atom stereocenters. The summed E-state index contributed by atoms with van der Waals surface area (Å²) >= 11 is 1.17. The molecule has 2 aromatic heterocycles. The van der Waals surface area contributed by atoms with Gasteiger partial charge in [-0.1, -0.05) is 6.07 Å². The molecule has 0 aliphatic rings. The quantitative estimate of drug-likeness (QED) is 0.775. The van der Waals surface area contributed by atoms with Crippen molar-refractivity contribution in [2.45, 2.75) is 6.42 Å². The number of carbonyl (C=O) groups excluding carboxylic acids is 1. The molecule has 0 bridgehead atoms. The number of nitrogens with one attached hydrogen (secondary N) is 1. The Morgan fingerprint density at radius 2 is 2.00 bits per heavy atom. The van der Waals surface area contributed by atoms with Gasteiger partial charge in [0.15, 0.2) is 5.76 Å². The van der Waals surface area contributed by atoms with E-state index in [0.29, 0.717) is 18.7 Å². The monoisotopic (exact) mass is 334 g/mol.